The lowest BCUT2D eigenvalue weighted by molar-refractivity contribution is 0.713. The molecule has 0 aliphatic heterocycles. The molecule has 4 nitrogen and oxygen atoms in total. The summed E-state index contributed by atoms with van der Waals surface area (Å²) in [4.78, 5) is 4.24. The van der Waals surface area contributed by atoms with Gasteiger partial charge in [-0.25, -0.2) is 4.98 Å². The van der Waals surface area contributed by atoms with Crippen LogP contribution >= 0.6 is 0 Å². The van der Waals surface area contributed by atoms with Gasteiger partial charge in [0.25, 0.3) is 0 Å². The molecule has 0 aromatic carbocycles. The molecule has 0 spiro atoms. The van der Waals surface area contributed by atoms with Gasteiger partial charge < -0.3 is 4.57 Å². The van der Waals surface area contributed by atoms with Crippen LogP contribution in [0.15, 0.2) is 24.7 Å². The lowest BCUT2D eigenvalue weighted by Gasteiger charge is -2.03. The Kier molecular flexibility index (Phi) is 2.12. The Morgan fingerprint density at radius 1 is 1.46 bits per heavy atom. The number of imidazole rings is 1. The second-order valence-corrected chi connectivity index (χ2v) is 2.91. The van der Waals surface area contributed by atoms with Gasteiger partial charge in [-0.1, -0.05) is 6.92 Å². The summed E-state index contributed by atoms with van der Waals surface area (Å²) in [7, 11) is 0. The van der Waals surface area contributed by atoms with Crippen molar-refractivity contribution in [2.45, 2.75) is 19.9 Å². The van der Waals surface area contributed by atoms with Crippen molar-refractivity contribution in [1.82, 2.24) is 19.7 Å². The number of hydrogen-bond donors (Lipinski definition) is 1. The van der Waals surface area contributed by atoms with E-state index in [9.17, 15) is 0 Å². The van der Waals surface area contributed by atoms with Crippen LogP contribution in [-0.4, -0.2) is 19.7 Å². The van der Waals surface area contributed by atoms with Crippen LogP contribution in [0.25, 0.3) is 0 Å². The minimum Gasteiger partial charge on any atom is -0.329 e. The van der Waals surface area contributed by atoms with Gasteiger partial charge in [-0.2, -0.15) is 5.10 Å². The molecule has 4 heteroatoms. The van der Waals surface area contributed by atoms with Gasteiger partial charge in [0.2, 0.25) is 0 Å². The lowest BCUT2D eigenvalue weighted by Crippen LogP contribution is -2.03. The first-order chi connectivity index (χ1) is 6.40. The first-order valence-electron chi connectivity index (χ1n) is 4.38. The molecule has 0 amide bonds. The Labute approximate surface area is 76.6 Å². The minimum atomic E-state index is 0.823. The van der Waals surface area contributed by atoms with Crippen molar-refractivity contribution in [3.8, 4) is 0 Å². The second-order valence-electron chi connectivity index (χ2n) is 2.91. The van der Waals surface area contributed by atoms with E-state index in [0.29, 0.717) is 0 Å². The number of aryl methyl sites for hydroxylation is 1. The third-order valence-electron chi connectivity index (χ3n) is 2.02. The highest BCUT2D eigenvalue weighted by molar-refractivity contribution is 5.02. The molecule has 0 radical (unpaired) electrons. The Morgan fingerprint density at radius 2 is 2.38 bits per heavy atom. The van der Waals surface area contributed by atoms with Crippen LogP contribution in [0, 0.1) is 0 Å². The van der Waals surface area contributed by atoms with Gasteiger partial charge in [-0.3, -0.25) is 5.10 Å². The summed E-state index contributed by atoms with van der Waals surface area (Å²) in [6.45, 7) is 2.93. The third-order valence-corrected chi connectivity index (χ3v) is 2.02. The van der Waals surface area contributed by atoms with Crippen molar-refractivity contribution < 1.29 is 0 Å². The van der Waals surface area contributed by atoms with Crippen molar-refractivity contribution in [3.63, 3.8) is 0 Å². The highest BCUT2D eigenvalue weighted by Gasteiger charge is 2.00. The van der Waals surface area contributed by atoms with E-state index in [1.807, 2.05) is 18.5 Å². The fourth-order valence-corrected chi connectivity index (χ4v) is 1.35. The van der Waals surface area contributed by atoms with Gasteiger partial charge in [0.15, 0.2) is 0 Å². The first-order valence-corrected chi connectivity index (χ1v) is 4.38. The summed E-state index contributed by atoms with van der Waals surface area (Å²) in [6, 6.07) is 1.97. The van der Waals surface area contributed by atoms with E-state index in [4.69, 9.17) is 0 Å². The lowest BCUT2D eigenvalue weighted by atomic mass is 10.4. The van der Waals surface area contributed by atoms with Crippen LogP contribution in [0.4, 0.5) is 0 Å². The number of aromatic amines is 1. The molecule has 1 N–H and O–H groups in total. The molecule has 0 unspecified atom stereocenters. The van der Waals surface area contributed by atoms with Gasteiger partial charge in [0.1, 0.15) is 5.82 Å². The average molecular weight is 176 g/mol. The largest absolute Gasteiger partial charge is 0.329 e. The van der Waals surface area contributed by atoms with Crippen LogP contribution in [0.2, 0.25) is 0 Å². The summed E-state index contributed by atoms with van der Waals surface area (Å²) in [6.07, 6.45) is 6.54. The zero-order chi connectivity index (χ0) is 9.10. The molecule has 2 aromatic rings. The maximum atomic E-state index is 4.24. The smallest absolute Gasteiger partial charge is 0.108 e. The molecule has 0 saturated heterocycles. The van der Waals surface area contributed by atoms with Crippen LogP contribution in [-0.2, 0) is 13.0 Å². The maximum Gasteiger partial charge on any atom is 0.108 e. The Balaban J connectivity index is 2.18. The van der Waals surface area contributed by atoms with E-state index in [2.05, 4.69) is 26.7 Å². The van der Waals surface area contributed by atoms with E-state index in [1.54, 1.807) is 6.20 Å². The van der Waals surface area contributed by atoms with E-state index < -0.39 is 0 Å². The molecular weight excluding hydrogens is 164 g/mol. The van der Waals surface area contributed by atoms with Crippen molar-refractivity contribution >= 4 is 0 Å². The van der Waals surface area contributed by atoms with Gasteiger partial charge in [-0.05, 0) is 6.07 Å². The van der Waals surface area contributed by atoms with Gasteiger partial charge in [0, 0.05) is 25.0 Å². The number of H-pyrrole nitrogens is 1. The van der Waals surface area contributed by atoms with E-state index in [-0.39, 0.29) is 0 Å². The SMILES string of the molecule is CCc1nccn1Cc1ccn[nH]1. The van der Waals surface area contributed by atoms with Gasteiger partial charge in [-0.15, -0.1) is 0 Å². The normalized spacial score (nSPS) is 10.5. The topological polar surface area (TPSA) is 46.5 Å². The Bertz CT molecular complexity index is 361. The fraction of sp³-hybridized carbons (Fsp3) is 0.333. The molecule has 0 saturated carbocycles. The molecule has 2 aromatic heterocycles. The Hall–Kier alpha value is -1.58. The fourth-order valence-electron chi connectivity index (χ4n) is 1.35. The molecule has 0 bridgehead atoms. The molecule has 68 valence electrons. The quantitative estimate of drug-likeness (QED) is 0.764. The number of aromatic nitrogens is 4. The molecule has 0 fully saturated rings. The predicted octanol–water partition coefficient (Wildman–Crippen LogP) is 1.22. The molecule has 0 atom stereocenters. The average Bonchev–Trinajstić information content (AvgIpc) is 2.76. The maximum absolute atomic E-state index is 4.24. The third kappa shape index (κ3) is 1.61. The molecule has 13 heavy (non-hydrogen) atoms. The standard InChI is InChI=1S/C9H12N4/c1-2-9-10-5-6-13(9)7-8-3-4-11-12-8/h3-6H,2,7H2,1H3,(H,11,12). The molecule has 2 rings (SSSR count). The van der Waals surface area contributed by atoms with Crippen molar-refractivity contribution in [2.75, 3.05) is 0 Å². The monoisotopic (exact) mass is 176 g/mol. The van der Waals surface area contributed by atoms with Crippen LogP contribution in [0.3, 0.4) is 0 Å². The minimum absolute atomic E-state index is 0.823. The molecule has 2 heterocycles. The van der Waals surface area contributed by atoms with Crippen LogP contribution in [0.5, 0.6) is 0 Å². The molecule has 0 aliphatic carbocycles. The first kappa shape index (κ1) is 8.04. The van der Waals surface area contributed by atoms with Gasteiger partial charge >= 0.3 is 0 Å². The van der Waals surface area contributed by atoms with E-state index in [1.165, 1.54) is 0 Å². The highest BCUT2D eigenvalue weighted by Crippen LogP contribution is 2.02. The Morgan fingerprint density at radius 3 is 3.08 bits per heavy atom. The zero-order valence-electron chi connectivity index (χ0n) is 7.57. The van der Waals surface area contributed by atoms with Crippen LogP contribution in [0.1, 0.15) is 18.4 Å². The predicted molar refractivity (Wildman–Crippen MR) is 49.3 cm³/mol. The summed E-state index contributed by atoms with van der Waals surface area (Å²) in [5.74, 6) is 1.11. The summed E-state index contributed by atoms with van der Waals surface area (Å²) in [5, 5.41) is 6.83. The number of nitrogens with zero attached hydrogens (tertiary/aromatic N) is 3. The van der Waals surface area contributed by atoms with E-state index in [0.717, 1.165) is 24.5 Å². The number of rotatable bonds is 3. The number of nitrogens with one attached hydrogen (secondary N) is 1. The van der Waals surface area contributed by atoms with Gasteiger partial charge in [0.05, 0.1) is 12.2 Å². The molecule has 0 aliphatic rings. The summed E-state index contributed by atoms with van der Waals surface area (Å²) >= 11 is 0. The highest BCUT2D eigenvalue weighted by atomic mass is 15.1. The van der Waals surface area contributed by atoms with E-state index >= 15 is 0 Å². The zero-order valence-corrected chi connectivity index (χ0v) is 7.57. The van der Waals surface area contributed by atoms with Crippen molar-refractivity contribution in [2.24, 2.45) is 0 Å². The summed E-state index contributed by atoms with van der Waals surface area (Å²) < 4.78 is 2.12. The molecular formula is C9H12N4. The summed E-state index contributed by atoms with van der Waals surface area (Å²) in [5.41, 5.74) is 1.10. The van der Waals surface area contributed by atoms with Crippen LogP contribution < -0.4 is 0 Å². The van der Waals surface area contributed by atoms with Crippen molar-refractivity contribution in [1.29, 1.82) is 0 Å². The second kappa shape index (κ2) is 3.43. The number of hydrogen-bond acceptors (Lipinski definition) is 2. The van der Waals surface area contributed by atoms with Crippen molar-refractivity contribution in [3.05, 3.63) is 36.2 Å².